The number of fused-ring (bicyclic) bond motifs is 1. The fourth-order valence-electron chi connectivity index (χ4n) is 2.77. The molecular weight excluding hydrogens is 374 g/mol. The van der Waals surface area contributed by atoms with Gasteiger partial charge in [0.15, 0.2) is 5.75 Å². The molecule has 4 rings (SSSR count). The van der Waals surface area contributed by atoms with Crippen LogP contribution in [0, 0.1) is 6.92 Å². The highest BCUT2D eigenvalue weighted by Crippen LogP contribution is 2.38. The first-order chi connectivity index (χ1) is 13.6. The first-order valence-electron chi connectivity index (χ1n) is 8.45. The van der Waals surface area contributed by atoms with E-state index in [4.69, 9.17) is 0 Å². The largest absolute Gasteiger partial charge is 0.505 e. The van der Waals surface area contributed by atoms with Crippen LogP contribution in [0.1, 0.15) is 15.4 Å². The van der Waals surface area contributed by atoms with Crippen molar-refractivity contribution in [2.45, 2.75) is 6.92 Å². The first-order valence-corrected chi connectivity index (χ1v) is 9.26. The van der Waals surface area contributed by atoms with Gasteiger partial charge in [0.1, 0.15) is 10.7 Å². The molecule has 8 heteroatoms. The van der Waals surface area contributed by atoms with Crippen LogP contribution >= 0.6 is 11.3 Å². The molecule has 0 unspecified atom stereocenters. The van der Waals surface area contributed by atoms with Crippen molar-refractivity contribution in [2.24, 2.45) is 10.2 Å². The number of amides is 1. The molecule has 0 atom stereocenters. The number of nitrogens with one attached hydrogen (secondary N) is 1. The SMILES string of the molecule is Cc1nnc(N=Nc2cc3ccccc3c(C(=O)Nc3ccccc3)c2O)s1. The second-order valence-electron chi connectivity index (χ2n) is 5.96. The number of azo groups is 1. The topological polar surface area (TPSA) is 99.8 Å². The van der Waals surface area contributed by atoms with Gasteiger partial charge >= 0.3 is 0 Å². The van der Waals surface area contributed by atoms with Gasteiger partial charge < -0.3 is 10.4 Å². The molecule has 0 saturated heterocycles. The van der Waals surface area contributed by atoms with Crippen molar-refractivity contribution in [2.75, 3.05) is 5.32 Å². The Bertz CT molecular complexity index is 1190. The maximum absolute atomic E-state index is 12.9. The molecule has 0 bridgehead atoms. The molecule has 0 radical (unpaired) electrons. The molecule has 1 heterocycles. The third-order valence-corrected chi connectivity index (χ3v) is 4.74. The summed E-state index contributed by atoms with van der Waals surface area (Å²) in [4.78, 5) is 12.9. The maximum Gasteiger partial charge on any atom is 0.260 e. The molecule has 0 aliphatic carbocycles. The normalized spacial score (nSPS) is 11.2. The second-order valence-corrected chi connectivity index (χ2v) is 7.12. The Balaban J connectivity index is 1.79. The Labute approximate surface area is 164 Å². The number of hydrogen-bond donors (Lipinski definition) is 2. The molecule has 138 valence electrons. The van der Waals surface area contributed by atoms with Crippen LogP contribution in [0.4, 0.5) is 16.5 Å². The Morgan fingerprint density at radius 1 is 1.04 bits per heavy atom. The van der Waals surface area contributed by atoms with Gasteiger partial charge in [-0.05, 0) is 35.9 Å². The van der Waals surface area contributed by atoms with Gasteiger partial charge in [-0.2, -0.15) is 0 Å². The van der Waals surface area contributed by atoms with Gasteiger partial charge in [-0.1, -0.05) is 53.8 Å². The average molecular weight is 389 g/mol. The third-order valence-electron chi connectivity index (χ3n) is 4.02. The number of aromatic nitrogens is 2. The molecule has 0 aliphatic heterocycles. The van der Waals surface area contributed by atoms with Crippen LogP contribution in [-0.4, -0.2) is 21.2 Å². The summed E-state index contributed by atoms with van der Waals surface area (Å²) in [6, 6.07) is 18.0. The minimum atomic E-state index is -0.427. The molecule has 3 aromatic carbocycles. The highest BCUT2D eigenvalue weighted by atomic mass is 32.1. The van der Waals surface area contributed by atoms with Crippen LogP contribution in [0.15, 0.2) is 70.9 Å². The second kappa shape index (κ2) is 7.53. The number of rotatable bonds is 4. The molecule has 0 spiro atoms. The minimum absolute atomic E-state index is 0.143. The zero-order valence-electron chi connectivity index (χ0n) is 14.8. The van der Waals surface area contributed by atoms with E-state index in [1.165, 1.54) is 11.3 Å². The lowest BCUT2D eigenvalue weighted by Gasteiger charge is -2.11. The Hall–Kier alpha value is -3.65. The van der Waals surface area contributed by atoms with Crippen molar-refractivity contribution < 1.29 is 9.90 Å². The monoisotopic (exact) mass is 389 g/mol. The van der Waals surface area contributed by atoms with Crippen molar-refractivity contribution in [1.29, 1.82) is 0 Å². The Morgan fingerprint density at radius 3 is 2.54 bits per heavy atom. The summed E-state index contributed by atoms with van der Waals surface area (Å²) in [5.41, 5.74) is 0.960. The number of benzene rings is 3. The number of aromatic hydroxyl groups is 1. The summed E-state index contributed by atoms with van der Waals surface area (Å²) in [6.45, 7) is 1.82. The number of aryl methyl sites for hydroxylation is 1. The van der Waals surface area contributed by atoms with E-state index in [1.807, 2.05) is 43.3 Å². The van der Waals surface area contributed by atoms with Crippen molar-refractivity contribution in [3.8, 4) is 5.75 Å². The number of para-hydroxylation sites is 1. The average Bonchev–Trinajstić information content (AvgIpc) is 3.12. The molecule has 28 heavy (non-hydrogen) atoms. The van der Waals surface area contributed by atoms with Gasteiger partial charge in [-0.3, -0.25) is 4.79 Å². The van der Waals surface area contributed by atoms with E-state index >= 15 is 0 Å². The molecule has 0 aliphatic rings. The number of phenolic OH excluding ortho intramolecular Hbond substituents is 1. The predicted octanol–water partition coefficient (Wildman–Crippen LogP) is 5.37. The highest BCUT2D eigenvalue weighted by molar-refractivity contribution is 7.14. The van der Waals surface area contributed by atoms with Crippen LogP contribution in [0.5, 0.6) is 5.75 Å². The first kappa shape index (κ1) is 17.7. The molecule has 0 saturated carbocycles. The van der Waals surface area contributed by atoms with Crippen molar-refractivity contribution >= 4 is 44.5 Å². The summed E-state index contributed by atoms with van der Waals surface area (Å²) < 4.78 is 0. The van der Waals surface area contributed by atoms with E-state index in [0.29, 0.717) is 16.2 Å². The lowest BCUT2D eigenvalue weighted by Crippen LogP contribution is -2.12. The van der Waals surface area contributed by atoms with Crippen molar-refractivity contribution in [1.82, 2.24) is 10.2 Å². The fourth-order valence-corrected chi connectivity index (χ4v) is 3.28. The lowest BCUT2D eigenvalue weighted by atomic mass is 10.0. The van der Waals surface area contributed by atoms with Crippen molar-refractivity contribution in [3.63, 3.8) is 0 Å². The summed E-state index contributed by atoms with van der Waals surface area (Å²) in [5, 5.41) is 32.0. The van der Waals surface area contributed by atoms with Gasteiger partial charge in [0.2, 0.25) is 0 Å². The standard InChI is InChI=1S/C20H15N5O2S/c1-12-22-24-20(28-12)25-23-16-11-13-7-5-6-10-15(13)17(18(16)26)19(27)21-14-8-3-2-4-9-14/h2-11,26H,1H3,(H,21,27). The number of hydrogen-bond acceptors (Lipinski definition) is 7. The Morgan fingerprint density at radius 2 is 1.79 bits per heavy atom. The number of nitrogens with zero attached hydrogens (tertiary/aromatic N) is 4. The van der Waals surface area contributed by atoms with Gasteiger partial charge in [0.25, 0.3) is 11.0 Å². The smallest absolute Gasteiger partial charge is 0.260 e. The van der Waals surface area contributed by atoms with E-state index < -0.39 is 5.91 Å². The van der Waals surface area contributed by atoms with E-state index in [0.717, 1.165) is 10.4 Å². The molecule has 7 nitrogen and oxygen atoms in total. The molecule has 1 amide bonds. The lowest BCUT2D eigenvalue weighted by molar-refractivity contribution is 0.102. The van der Waals surface area contributed by atoms with Gasteiger partial charge in [0, 0.05) is 5.69 Å². The van der Waals surface area contributed by atoms with E-state index in [1.54, 1.807) is 24.3 Å². The van der Waals surface area contributed by atoms with Gasteiger partial charge in [0.05, 0.1) is 5.56 Å². The van der Waals surface area contributed by atoms with Crippen LogP contribution in [0.3, 0.4) is 0 Å². The summed E-state index contributed by atoms with van der Waals surface area (Å²) in [5.74, 6) is -0.666. The molecule has 0 fully saturated rings. The Kier molecular flexibility index (Phi) is 4.77. The zero-order valence-corrected chi connectivity index (χ0v) is 15.6. The maximum atomic E-state index is 12.9. The van der Waals surface area contributed by atoms with Crippen molar-refractivity contribution in [3.05, 3.63) is 71.2 Å². The minimum Gasteiger partial charge on any atom is -0.505 e. The van der Waals surface area contributed by atoms with Crippen LogP contribution in [-0.2, 0) is 0 Å². The van der Waals surface area contributed by atoms with Crippen LogP contribution < -0.4 is 5.32 Å². The zero-order chi connectivity index (χ0) is 19.5. The third kappa shape index (κ3) is 3.58. The number of carbonyl (C=O) groups is 1. The molecular formula is C20H15N5O2S. The van der Waals surface area contributed by atoms with Crippen LogP contribution in [0.2, 0.25) is 0 Å². The summed E-state index contributed by atoms with van der Waals surface area (Å²) in [7, 11) is 0. The summed E-state index contributed by atoms with van der Waals surface area (Å²) in [6.07, 6.45) is 0. The van der Waals surface area contributed by atoms with Gasteiger partial charge in [-0.25, -0.2) is 0 Å². The fraction of sp³-hybridized carbons (Fsp3) is 0.0500. The van der Waals surface area contributed by atoms with E-state index in [-0.39, 0.29) is 17.0 Å². The molecule has 4 aromatic rings. The summed E-state index contributed by atoms with van der Waals surface area (Å²) >= 11 is 1.29. The molecule has 2 N–H and O–H groups in total. The van der Waals surface area contributed by atoms with E-state index in [2.05, 4.69) is 25.7 Å². The van der Waals surface area contributed by atoms with Gasteiger partial charge in [-0.15, -0.1) is 20.4 Å². The van der Waals surface area contributed by atoms with E-state index in [9.17, 15) is 9.90 Å². The highest BCUT2D eigenvalue weighted by Gasteiger charge is 2.19. The van der Waals surface area contributed by atoms with Crippen LogP contribution in [0.25, 0.3) is 10.8 Å². The molecule has 1 aromatic heterocycles. The number of phenols is 1. The number of carbonyl (C=O) groups excluding carboxylic acids is 1. The quantitative estimate of drug-likeness (QED) is 0.458. The predicted molar refractivity (Wildman–Crippen MR) is 109 cm³/mol. The number of anilines is 1.